The number of hydrogen-bond acceptors (Lipinski definition) is 4. The summed E-state index contributed by atoms with van der Waals surface area (Å²) in [6, 6.07) is 4.90. The summed E-state index contributed by atoms with van der Waals surface area (Å²) in [5, 5.41) is 9.87. The van der Waals surface area contributed by atoms with Crippen LogP contribution in [0.15, 0.2) is 36.4 Å². The first kappa shape index (κ1) is 20.6. The van der Waals surface area contributed by atoms with Crippen LogP contribution in [0.25, 0.3) is 6.08 Å². The summed E-state index contributed by atoms with van der Waals surface area (Å²) in [5.74, 6) is -0.547. The Hall–Kier alpha value is -2.44. The Bertz CT molecular complexity index is 589. The molecular weight excluding hydrogens is 300 g/mol. The van der Waals surface area contributed by atoms with Crippen molar-refractivity contribution in [2.24, 2.45) is 0 Å². The predicted octanol–water partition coefficient (Wildman–Crippen LogP) is 1.61. The monoisotopic (exact) mass is 322 g/mol. The minimum absolute atomic E-state index is 0. The van der Waals surface area contributed by atoms with Gasteiger partial charge in [-0.3, -0.25) is 4.79 Å². The van der Waals surface area contributed by atoms with Crippen molar-refractivity contribution in [1.82, 2.24) is 0 Å². The van der Waals surface area contributed by atoms with Crippen LogP contribution in [0.3, 0.4) is 0 Å². The molecule has 5 N–H and O–H groups in total. The maximum Gasteiger partial charge on any atom is 0.342 e. The predicted molar refractivity (Wildman–Crippen MR) is 87.3 cm³/mol. The lowest BCUT2D eigenvalue weighted by atomic mass is 10.0. The van der Waals surface area contributed by atoms with Crippen LogP contribution in [0, 0.1) is 0 Å². The quantitative estimate of drug-likeness (QED) is 0.728. The van der Waals surface area contributed by atoms with Crippen LogP contribution in [0.1, 0.15) is 41.6 Å². The van der Waals surface area contributed by atoms with Gasteiger partial charge in [-0.25, -0.2) is 4.79 Å². The van der Waals surface area contributed by atoms with Gasteiger partial charge in [0.2, 0.25) is 0 Å². The number of fused-ring (bicyclic) bond motifs is 1. The molecule has 23 heavy (non-hydrogen) atoms. The lowest BCUT2D eigenvalue weighted by molar-refractivity contribution is -0.114. The number of aromatic hydroxyl groups is 1. The van der Waals surface area contributed by atoms with E-state index in [1.807, 2.05) is 6.08 Å². The molecule has 0 saturated heterocycles. The number of carbonyl (C=O) groups excluding carboxylic acids is 2. The lowest BCUT2D eigenvalue weighted by Gasteiger charge is -2.09. The number of hydrogen-bond donors (Lipinski definition) is 1. The highest BCUT2D eigenvalue weighted by Gasteiger charge is 2.16. The minimum Gasteiger partial charge on any atom is -0.507 e. The SMILES string of the molecule is O.O.O=C1/C=C\CCOC(=O)c2c(O)cccc2/C=C/CCC1. The standard InChI is InChI=1S/C17H18O4.2H2O/c18-14-9-3-1-2-7-13-8-6-11-15(19)16(13)17(20)21-12-5-4-10-14;;/h2,4,6-8,10-11,19H,1,3,5,9,12H2;2*1H2/b7-2+,10-4-;;. The van der Waals surface area contributed by atoms with Crippen molar-refractivity contribution >= 4 is 17.8 Å². The Balaban J connectivity index is 0.00000242. The zero-order chi connectivity index (χ0) is 15.1. The van der Waals surface area contributed by atoms with Gasteiger partial charge in [0.05, 0.1) is 6.61 Å². The average Bonchev–Trinajstić information content (AvgIpc) is 2.45. The number of cyclic esters (lactones) is 1. The van der Waals surface area contributed by atoms with E-state index in [2.05, 4.69) is 0 Å². The fourth-order valence-corrected chi connectivity index (χ4v) is 2.11. The molecule has 0 amide bonds. The summed E-state index contributed by atoms with van der Waals surface area (Å²) < 4.78 is 5.13. The Morgan fingerprint density at radius 2 is 1.74 bits per heavy atom. The number of phenols is 1. The second-order valence-corrected chi connectivity index (χ2v) is 4.83. The van der Waals surface area contributed by atoms with Crippen molar-refractivity contribution < 1.29 is 30.4 Å². The molecule has 0 atom stereocenters. The molecule has 0 saturated carbocycles. The first-order valence-electron chi connectivity index (χ1n) is 7.03. The van der Waals surface area contributed by atoms with Gasteiger partial charge in [0.25, 0.3) is 0 Å². The molecule has 1 heterocycles. The number of esters is 1. The van der Waals surface area contributed by atoms with Crippen molar-refractivity contribution in [1.29, 1.82) is 0 Å². The van der Waals surface area contributed by atoms with Gasteiger partial charge in [0.15, 0.2) is 5.78 Å². The van der Waals surface area contributed by atoms with Crippen LogP contribution >= 0.6 is 0 Å². The molecule has 0 unspecified atom stereocenters. The molecule has 0 aliphatic carbocycles. The van der Waals surface area contributed by atoms with Gasteiger partial charge in [0, 0.05) is 6.42 Å². The zero-order valence-electron chi connectivity index (χ0n) is 12.7. The summed E-state index contributed by atoms with van der Waals surface area (Å²) in [7, 11) is 0. The second-order valence-electron chi connectivity index (χ2n) is 4.83. The molecule has 6 nitrogen and oxygen atoms in total. The highest BCUT2D eigenvalue weighted by atomic mass is 16.5. The minimum atomic E-state index is -0.551. The fourth-order valence-electron chi connectivity index (χ4n) is 2.11. The third kappa shape index (κ3) is 6.06. The molecule has 0 aromatic heterocycles. The van der Waals surface area contributed by atoms with E-state index < -0.39 is 5.97 Å². The largest absolute Gasteiger partial charge is 0.507 e. The molecule has 1 aliphatic rings. The molecule has 0 spiro atoms. The van der Waals surface area contributed by atoms with Crippen LogP contribution in [0.5, 0.6) is 5.75 Å². The summed E-state index contributed by atoms with van der Waals surface area (Å²) in [4.78, 5) is 23.6. The van der Waals surface area contributed by atoms with Crippen LogP contribution in [-0.2, 0) is 9.53 Å². The normalized spacial score (nSPS) is 18.3. The highest BCUT2D eigenvalue weighted by molar-refractivity contribution is 5.96. The summed E-state index contributed by atoms with van der Waals surface area (Å²) in [6.45, 7) is 0.181. The van der Waals surface area contributed by atoms with Gasteiger partial charge in [0.1, 0.15) is 11.3 Å². The van der Waals surface area contributed by atoms with Crippen molar-refractivity contribution in [3.05, 3.63) is 47.6 Å². The van der Waals surface area contributed by atoms with E-state index in [0.29, 0.717) is 18.4 Å². The van der Waals surface area contributed by atoms with E-state index in [4.69, 9.17) is 4.74 Å². The molecule has 0 fully saturated rings. The van der Waals surface area contributed by atoms with E-state index in [9.17, 15) is 14.7 Å². The van der Waals surface area contributed by atoms with Gasteiger partial charge in [-0.1, -0.05) is 30.4 Å². The average molecular weight is 322 g/mol. The summed E-state index contributed by atoms with van der Waals surface area (Å²) in [6.07, 6.45) is 9.42. The first-order valence-corrected chi connectivity index (χ1v) is 7.03. The molecular formula is C17H22O6. The number of allylic oxidation sites excluding steroid dienone is 2. The topological polar surface area (TPSA) is 127 Å². The molecule has 126 valence electrons. The number of ether oxygens (including phenoxy) is 1. The van der Waals surface area contributed by atoms with Gasteiger partial charge in [-0.15, -0.1) is 0 Å². The van der Waals surface area contributed by atoms with E-state index in [0.717, 1.165) is 12.8 Å². The number of carbonyl (C=O) groups is 2. The summed E-state index contributed by atoms with van der Waals surface area (Å²) >= 11 is 0. The molecule has 1 aromatic carbocycles. The molecule has 0 bridgehead atoms. The van der Waals surface area contributed by atoms with Crippen LogP contribution in [-0.4, -0.2) is 34.4 Å². The molecule has 1 aliphatic heterocycles. The molecule has 1 aromatic rings. The molecule has 2 rings (SSSR count). The number of rotatable bonds is 0. The zero-order valence-corrected chi connectivity index (χ0v) is 12.7. The third-order valence-corrected chi connectivity index (χ3v) is 3.19. The Morgan fingerprint density at radius 1 is 1.00 bits per heavy atom. The maximum atomic E-state index is 12.1. The fraction of sp³-hybridized carbons (Fsp3) is 0.294. The Labute approximate surface area is 134 Å². The smallest absolute Gasteiger partial charge is 0.342 e. The van der Waals surface area contributed by atoms with Crippen molar-refractivity contribution in [3.8, 4) is 5.75 Å². The van der Waals surface area contributed by atoms with Crippen molar-refractivity contribution in [3.63, 3.8) is 0 Å². The Kier molecular flexibility index (Phi) is 9.22. The van der Waals surface area contributed by atoms with E-state index >= 15 is 0 Å². The number of phenolic OH excluding ortho intramolecular Hbond substituents is 1. The maximum absolute atomic E-state index is 12.1. The Morgan fingerprint density at radius 3 is 2.52 bits per heavy atom. The first-order chi connectivity index (χ1) is 10.2. The number of benzene rings is 1. The molecule has 6 heteroatoms. The van der Waals surface area contributed by atoms with E-state index in [1.165, 1.54) is 12.1 Å². The van der Waals surface area contributed by atoms with Gasteiger partial charge in [-0.2, -0.15) is 0 Å². The number of ketones is 1. The van der Waals surface area contributed by atoms with Crippen LogP contribution < -0.4 is 0 Å². The third-order valence-electron chi connectivity index (χ3n) is 3.19. The highest BCUT2D eigenvalue weighted by Crippen LogP contribution is 2.23. The van der Waals surface area contributed by atoms with E-state index in [-0.39, 0.29) is 34.7 Å². The van der Waals surface area contributed by atoms with Gasteiger partial charge < -0.3 is 20.8 Å². The van der Waals surface area contributed by atoms with Crippen LogP contribution in [0.2, 0.25) is 0 Å². The molecule has 0 radical (unpaired) electrons. The van der Waals surface area contributed by atoms with Gasteiger partial charge >= 0.3 is 5.97 Å². The lowest BCUT2D eigenvalue weighted by Crippen LogP contribution is -2.08. The van der Waals surface area contributed by atoms with Crippen molar-refractivity contribution in [2.45, 2.75) is 25.7 Å². The summed E-state index contributed by atoms with van der Waals surface area (Å²) in [5.41, 5.74) is 0.810. The second kappa shape index (κ2) is 10.3. The van der Waals surface area contributed by atoms with Crippen LogP contribution in [0.4, 0.5) is 0 Å². The van der Waals surface area contributed by atoms with E-state index in [1.54, 1.807) is 24.3 Å². The van der Waals surface area contributed by atoms with Crippen molar-refractivity contribution in [2.75, 3.05) is 6.61 Å². The van der Waals surface area contributed by atoms with Gasteiger partial charge in [-0.05, 0) is 37.0 Å².